The number of fused-ring (bicyclic) bond motifs is 1. The highest BCUT2D eigenvalue weighted by atomic mass is 79.9. The van der Waals surface area contributed by atoms with Crippen LogP contribution in [-0.2, 0) is 15.1 Å². The van der Waals surface area contributed by atoms with Crippen LogP contribution in [0.15, 0.2) is 40.9 Å². The molecule has 2 aromatic heterocycles. The predicted molar refractivity (Wildman–Crippen MR) is 97.8 cm³/mol. The van der Waals surface area contributed by atoms with Gasteiger partial charge in [0.25, 0.3) is 0 Å². The molecule has 7 heteroatoms. The Kier molecular flexibility index (Phi) is 3.76. The number of hydrogen-bond acceptors (Lipinski definition) is 5. The summed E-state index contributed by atoms with van der Waals surface area (Å²) in [5, 5.41) is 7.70. The Morgan fingerprint density at radius 1 is 1.24 bits per heavy atom. The van der Waals surface area contributed by atoms with Crippen molar-refractivity contribution in [1.29, 1.82) is 0 Å². The summed E-state index contributed by atoms with van der Waals surface area (Å²) in [7, 11) is 0. The standard InChI is InChI=1S/C18H17BrN4O2/c1-11-3-8-15(19)16-21-17(22-23(11)16)20-14-6-4-13(5-7-14)18(9-10-18)25-12(2)24/h3-8H,9-10H2,1-2H3,(H,20,22). The van der Waals surface area contributed by atoms with Crippen LogP contribution in [-0.4, -0.2) is 20.6 Å². The van der Waals surface area contributed by atoms with Crippen LogP contribution in [0.1, 0.15) is 31.0 Å². The maximum atomic E-state index is 11.3. The van der Waals surface area contributed by atoms with E-state index in [-0.39, 0.29) is 5.97 Å². The van der Waals surface area contributed by atoms with E-state index in [1.165, 1.54) is 6.92 Å². The van der Waals surface area contributed by atoms with E-state index in [9.17, 15) is 4.79 Å². The Morgan fingerprint density at radius 2 is 1.96 bits per heavy atom. The Hall–Kier alpha value is -2.41. The number of hydrogen-bond donors (Lipinski definition) is 1. The molecule has 6 nitrogen and oxygen atoms in total. The van der Waals surface area contributed by atoms with Crippen molar-refractivity contribution < 1.29 is 9.53 Å². The molecule has 1 N–H and O–H groups in total. The van der Waals surface area contributed by atoms with Crippen molar-refractivity contribution in [2.75, 3.05) is 5.32 Å². The maximum Gasteiger partial charge on any atom is 0.303 e. The lowest BCUT2D eigenvalue weighted by Gasteiger charge is -2.16. The van der Waals surface area contributed by atoms with Crippen LogP contribution in [0.3, 0.4) is 0 Å². The highest BCUT2D eigenvalue weighted by Gasteiger charge is 2.47. The SMILES string of the molecule is CC(=O)OC1(c2ccc(Nc3nc4c(Br)ccc(C)n4n3)cc2)CC1. The highest BCUT2D eigenvalue weighted by Crippen LogP contribution is 2.49. The van der Waals surface area contributed by atoms with E-state index in [1.54, 1.807) is 4.52 Å². The van der Waals surface area contributed by atoms with Gasteiger partial charge in [-0.1, -0.05) is 12.1 Å². The summed E-state index contributed by atoms with van der Waals surface area (Å²) in [5.41, 5.74) is 3.26. The van der Waals surface area contributed by atoms with Gasteiger partial charge in [0.15, 0.2) is 5.65 Å². The molecule has 0 spiro atoms. The van der Waals surface area contributed by atoms with Gasteiger partial charge in [0.1, 0.15) is 5.60 Å². The lowest BCUT2D eigenvalue weighted by molar-refractivity contribution is -0.149. The number of esters is 1. The van der Waals surface area contributed by atoms with Gasteiger partial charge < -0.3 is 10.1 Å². The number of anilines is 2. The first kappa shape index (κ1) is 16.1. The summed E-state index contributed by atoms with van der Waals surface area (Å²) in [6.45, 7) is 3.43. The van der Waals surface area contributed by atoms with E-state index in [0.717, 1.165) is 39.9 Å². The first-order valence-electron chi connectivity index (χ1n) is 8.06. The van der Waals surface area contributed by atoms with Gasteiger partial charge in [-0.05, 0) is 65.5 Å². The average Bonchev–Trinajstić information content (AvgIpc) is 3.21. The number of nitrogens with zero attached hydrogens (tertiary/aromatic N) is 3. The number of halogens is 1. The number of benzene rings is 1. The molecular weight excluding hydrogens is 384 g/mol. The van der Waals surface area contributed by atoms with Gasteiger partial charge in [-0.2, -0.15) is 4.98 Å². The topological polar surface area (TPSA) is 68.5 Å². The number of carbonyl (C=O) groups excluding carboxylic acids is 1. The molecule has 1 aliphatic rings. The second-order valence-electron chi connectivity index (χ2n) is 6.28. The summed E-state index contributed by atoms with van der Waals surface area (Å²) < 4.78 is 8.15. The minimum Gasteiger partial charge on any atom is -0.454 e. The maximum absolute atomic E-state index is 11.3. The molecule has 0 radical (unpaired) electrons. The number of rotatable bonds is 4. The van der Waals surface area contributed by atoms with Gasteiger partial charge >= 0.3 is 5.97 Å². The van der Waals surface area contributed by atoms with E-state index in [2.05, 4.69) is 31.3 Å². The Bertz CT molecular complexity index is 922. The van der Waals surface area contributed by atoms with Crippen LogP contribution in [0.2, 0.25) is 0 Å². The third-order valence-corrected chi connectivity index (χ3v) is 4.96. The zero-order valence-corrected chi connectivity index (χ0v) is 15.5. The number of aryl methyl sites for hydroxylation is 1. The largest absolute Gasteiger partial charge is 0.454 e. The molecule has 0 aliphatic heterocycles. The summed E-state index contributed by atoms with van der Waals surface area (Å²) in [4.78, 5) is 15.8. The second-order valence-corrected chi connectivity index (χ2v) is 7.14. The molecule has 0 atom stereocenters. The smallest absolute Gasteiger partial charge is 0.303 e. The molecule has 1 fully saturated rings. The zero-order chi connectivity index (χ0) is 17.6. The Balaban J connectivity index is 1.57. The predicted octanol–water partition coefficient (Wildman–Crippen LogP) is 4.10. The number of ether oxygens (including phenoxy) is 1. The second kappa shape index (κ2) is 5.84. The van der Waals surface area contributed by atoms with Gasteiger partial charge in [-0.25, -0.2) is 4.52 Å². The minimum atomic E-state index is -0.423. The van der Waals surface area contributed by atoms with Crippen molar-refractivity contribution in [3.63, 3.8) is 0 Å². The molecule has 0 amide bonds. The zero-order valence-electron chi connectivity index (χ0n) is 13.9. The van der Waals surface area contributed by atoms with E-state index in [0.29, 0.717) is 5.95 Å². The van der Waals surface area contributed by atoms with Crippen LogP contribution in [0, 0.1) is 6.92 Å². The Morgan fingerprint density at radius 3 is 2.56 bits per heavy atom. The third kappa shape index (κ3) is 3.00. The summed E-state index contributed by atoms with van der Waals surface area (Å²) in [6, 6.07) is 11.8. The average molecular weight is 401 g/mol. The molecule has 0 unspecified atom stereocenters. The molecule has 128 valence electrons. The first-order valence-corrected chi connectivity index (χ1v) is 8.85. The lowest BCUT2D eigenvalue weighted by Crippen LogP contribution is -2.15. The molecule has 0 bridgehead atoms. The highest BCUT2D eigenvalue weighted by molar-refractivity contribution is 9.10. The summed E-state index contributed by atoms with van der Waals surface area (Å²) in [5.74, 6) is 0.290. The number of nitrogens with one attached hydrogen (secondary N) is 1. The van der Waals surface area contributed by atoms with Crippen molar-refractivity contribution in [3.8, 4) is 0 Å². The lowest BCUT2D eigenvalue weighted by atomic mass is 10.1. The van der Waals surface area contributed by atoms with E-state index >= 15 is 0 Å². The number of aromatic nitrogens is 3. The Labute approximate surface area is 153 Å². The fourth-order valence-corrected chi connectivity index (χ4v) is 3.32. The first-order chi connectivity index (χ1) is 12.0. The quantitative estimate of drug-likeness (QED) is 0.667. The molecule has 4 rings (SSSR count). The minimum absolute atomic E-state index is 0.241. The molecule has 1 saturated carbocycles. The van der Waals surface area contributed by atoms with Crippen LogP contribution in [0.4, 0.5) is 11.6 Å². The third-order valence-electron chi connectivity index (χ3n) is 4.34. The van der Waals surface area contributed by atoms with Crippen molar-refractivity contribution in [1.82, 2.24) is 14.6 Å². The molecule has 1 aromatic carbocycles. The fourth-order valence-electron chi connectivity index (χ4n) is 2.93. The fraction of sp³-hybridized carbons (Fsp3) is 0.278. The van der Waals surface area contributed by atoms with Crippen molar-refractivity contribution in [3.05, 3.63) is 52.1 Å². The van der Waals surface area contributed by atoms with E-state index in [1.807, 2.05) is 43.3 Å². The van der Waals surface area contributed by atoms with Crippen molar-refractivity contribution in [2.24, 2.45) is 0 Å². The van der Waals surface area contributed by atoms with E-state index < -0.39 is 5.60 Å². The van der Waals surface area contributed by atoms with Gasteiger partial charge in [-0.15, -0.1) is 5.10 Å². The molecule has 2 heterocycles. The van der Waals surface area contributed by atoms with Gasteiger partial charge in [-0.3, -0.25) is 4.79 Å². The molecule has 3 aromatic rings. The van der Waals surface area contributed by atoms with Crippen LogP contribution in [0.25, 0.3) is 5.65 Å². The van der Waals surface area contributed by atoms with Gasteiger partial charge in [0.05, 0.1) is 4.47 Å². The van der Waals surface area contributed by atoms with Crippen LogP contribution < -0.4 is 5.32 Å². The molecule has 0 saturated heterocycles. The normalized spacial score (nSPS) is 15.2. The van der Waals surface area contributed by atoms with Gasteiger partial charge in [0.2, 0.25) is 5.95 Å². The monoisotopic (exact) mass is 400 g/mol. The summed E-state index contributed by atoms with van der Waals surface area (Å²) in [6.07, 6.45) is 1.75. The van der Waals surface area contributed by atoms with Gasteiger partial charge in [0, 0.05) is 18.3 Å². The molecular formula is C18H17BrN4O2. The van der Waals surface area contributed by atoms with Crippen LogP contribution in [0.5, 0.6) is 0 Å². The van der Waals surface area contributed by atoms with E-state index in [4.69, 9.17) is 4.74 Å². The molecule has 1 aliphatic carbocycles. The number of pyridine rings is 1. The van der Waals surface area contributed by atoms with Crippen molar-refractivity contribution >= 4 is 39.2 Å². The van der Waals surface area contributed by atoms with Crippen LogP contribution >= 0.6 is 15.9 Å². The number of carbonyl (C=O) groups is 1. The van der Waals surface area contributed by atoms with Crippen molar-refractivity contribution in [2.45, 2.75) is 32.3 Å². The summed E-state index contributed by atoms with van der Waals surface area (Å²) >= 11 is 3.50. The molecule has 25 heavy (non-hydrogen) atoms.